The van der Waals surface area contributed by atoms with Gasteiger partial charge in [-0.15, -0.1) is 0 Å². The fourth-order valence-electron chi connectivity index (χ4n) is 4.82. The van der Waals surface area contributed by atoms with Crippen molar-refractivity contribution in [1.29, 1.82) is 0 Å². The van der Waals surface area contributed by atoms with Crippen LogP contribution in [0, 0.1) is 0 Å². The van der Waals surface area contributed by atoms with E-state index in [2.05, 4.69) is 13.8 Å². The first kappa shape index (κ1) is 31.0. The predicted molar refractivity (Wildman–Crippen MR) is 136 cm³/mol. The Kier molecular flexibility index (Phi) is 15.6. The average molecular weight is 515 g/mol. The molecule has 2 aliphatic heterocycles. The largest absolute Gasteiger partial charge is 0.464 e. The molecule has 0 saturated carbocycles. The van der Waals surface area contributed by atoms with E-state index in [-0.39, 0.29) is 13.2 Å². The minimum atomic E-state index is -0.964. The summed E-state index contributed by atoms with van der Waals surface area (Å²) in [5, 5.41) is 0. The van der Waals surface area contributed by atoms with Crippen LogP contribution in [0.25, 0.3) is 0 Å². The van der Waals surface area contributed by atoms with E-state index in [1.54, 1.807) is 13.8 Å². The maximum absolute atomic E-state index is 12.7. The molecule has 210 valence electrons. The van der Waals surface area contributed by atoms with E-state index in [1.807, 2.05) is 0 Å². The number of hydrogen-bond acceptors (Lipinski definition) is 8. The quantitative estimate of drug-likeness (QED) is 0.157. The first-order chi connectivity index (χ1) is 17.5. The molecule has 0 aromatic heterocycles. The molecular formula is C28H50O8. The van der Waals surface area contributed by atoms with Crippen LogP contribution in [0.4, 0.5) is 0 Å². The lowest BCUT2D eigenvalue weighted by molar-refractivity contribution is -0.160. The molecule has 2 unspecified atom stereocenters. The Morgan fingerprint density at radius 2 is 0.889 bits per heavy atom. The zero-order valence-corrected chi connectivity index (χ0v) is 23.0. The molecule has 2 heterocycles. The summed E-state index contributed by atoms with van der Waals surface area (Å²) in [4.78, 5) is 25.5. The van der Waals surface area contributed by atoms with Gasteiger partial charge in [0.25, 0.3) is 0 Å². The van der Waals surface area contributed by atoms with Crippen LogP contribution in [0.2, 0.25) is 0 Å². The monoisotopic (exact) mass is 514 g/mol. The maximum atomic E-state index is 12.7. The molecule has 0 aromatic carbocycles. The second-order valence-electron chi connectivity index (χ2n) is 9.79. The SMILES string of the molecule is CCCCCCCCC1O[C@H]([C@@H]2OC(CCCCCCCC)O[C@H]2C(=O)OCC)[C@@H](C(=O)OCC)O1. The van der Waals surface area contributed by atoms with Gasteiger partial charge in [0, 0.05) is 0 Å². The van der Waals surface area contributed by atoms with Crippen molar-refractivity contribution in [2.75, 3.05) is 13.2 Å². The van der Waals surface area contributed by atoms with E-state index < -0.39 is 48.9 Å². The van der Waals surface area contributed by atoms with E-state index in [4.69, 9.17) is 28.4 Å². The maximum Gasteiger partial charge on any atom is 0.338 e. The highest BCUT2D eigenvalue weighted by Crippen LogP contribution is 2.35. The van der Waals surface area contributed by atoms with Crippen molar-refractivity contribution in [1.82, 2.24) is 0 Å². The first-order valence-electron chi connectivity index (χ1n) is 14.5. The van der Waals surface area contributed by atoms with E-state index in [0.717, 1.165) is 25.7 Å². The Morgan fingerprint density at radius 1 is 0.528 bits per heavy atom. The van der Waals surface area contributed by atoms with Crippen molar-refractivity contribution in [3.63, 3.8) is 0 Å². The zero-order chi connectivity index (χ0) is 26.2. The van der Waals surface area contributed by atoms with Gasteiger partial charge in [0.05, 0.1) is 13.2 Å². The van der Waals surface area contributed by atoms with Crippen molar-refractivity contribution in [3.05, 3.63) is 0 Å². The van der Waals surface area contributed by atoms with Gasteiger partial charge in [-0.1, -0.05) is 78.1 Å². The van der Waals surface area contributed by atoms with E-state index in [1.165, 1.54) is 51.4 Å². The second-order valence-corrected chi connectivity index (χ2v) is 9.79. The summed E-state index contributed by atoms with van der Waals surface area (Å²) in [6.45, 7) is 8.38. The summed E-state index contributed by atoms with van der Waals surface area (Å²) in [6.07, 6.45) is 10.6. The van der Waals surface area contributed by atoms with Gasteiger partial charge in [0.1, 0.15) is 12.2 Å². The molecule has 2 aliphatic rings. The molecule has 6 atom stereocenters. The van der Waals surface area contributed by atoms with Crippen LogP contribution in [0.1, 0.15) is 118 Å². The molecule has 0 bridgehead atoms. The molecule has 2 fully saturated rings. The van der Waals surface area contributed by atoms with Gasteiger partial charge in [-0.25, -0.2) is 9.59 Å². The summed E-state index contributed by atoms with van der Waals surface area (Å²) in [5.41, 5.74) is 0. The molecule has 8 heteroatoms. The molecule has 2 saturated heterocycles. The lowest BCUT2D eigenvalue weighted by Gasteiger charge is -2.23. The highest BCUT2D eigenvalue weighted by Gasteiger charge is 2.54. The smallest absolute Gasteiger partial charge is 0.338 e. The van der Waals surface area contributed by atoms with Gasteiger partial charge in [-0.2, -0.15) is 0 Å². The van der Waals surface area contributed by atoms with Gasteiger partial charge < -0.3 is 28.4 Å². The first-order valence-corrected chi connectivity index (χ1v) is 14.5. The molecule has 0 spiro atoms. The number of carbonyl (C=O) groups is 2. The standard InChI is InChI=1S/C28H50O8/c1-5-9-11-13-15-17-19-21-33-23(25(35-21)27(29)31-7-3)24-26(28(30)32-8-4)36-22(34-24)20-18-16-14-12-10-6-2/h21-26H,5-20H2,1-4H3/t21?,22?,23-,24+,25+,26-. The van der Waals surface area contributed by atoms with Crippen LogP contribution >= 0.6 is 0 Å². The Bertz CT molecular complexity index is 560. The molecule has 36 heavy (non-hydrogen) atoms. The van der Waals surface area contributed by atoms with E-state index in [9.17, 15) is 9.59 Å². The normalized spacial score (nSPS) is 27.9. The highest BCUT2D eigenvalue weighted by atomic mass is 16.8. The molecule has 8 nitrogen and oxygen atoms in total. The molecular weight excluding hydrogens is 464 g/mol. The Labute approximate surface area is 218 Å². The molecule has 0 amide bonds. The molecule has 0 aliphatic carbocycles. The van der Waals surface area contributed by atoms with Crippen LogP contribution in [-0.2, 0) is 38.0 Å². The third-order valence-electron chi connectivity index (χ3n) is 6.76. The molecule has 0 N–H and O–H groups in total. The summed E-state index contributed by atoms with van der Waals surface area (Å²) < 4.78 is 34.9. The van der Waals surface area contributed by atoms with Crippen LogP contribution < -0.4 is 0 Å². The van der Waals surface area contributed by atoms with Gasteiger partial charge in [0.15, 0.2) is 24.8 Å². The number of ether oxygens (including phenoxy) is 6. The van der Waals surface area contributed by atoms with Gasteiger partial charge in [0.2, 0.25) is 0 Å². The van der Waals surface area contributed by atoms with Crippen LogP contribution in [0.3, 0.4) is 0 Å². The number of unbranched alkanes of at least 4 members (excludes halogenated alkanes) is 10. The lowest BCUT2D eigenvalue weighted by atomic mass is 10.0. The number of hydrogen-bond donors (Lipinski definition) is 0. The Morgan fingerprint density at radius 3 is 1.25 bits per heavy atom. The van der Waals surface area contributed by atoms with Gasteiger partial charge in [-0.05, 0) is 39.5 Å². The summed E-state index contributed by atoms with van der Waals surface area (Å²) in [6, 6.07) is 0. The summed E-state index contributed by atoms with van der Waals surface area (Å²) >= 11 is 0. The highest BCUT2D eigenvalue weighted by molar-refractivity contribution is 5.78. The third-order valence-corrected chi connectivity index (χ3v) is 6.76. The molecule has 2 rings (SSSR count). The van der Waals surface area contributed by atoms with Crippen molar-refractivity contribution >= 4 is 11.9 Å². The fourth-order valence-corrected chi connectivity index (χ4v) is 4.82. The molecule has 0 radical (unpaired) electrons. The Balaban J connectivity index is 2.00. The predicted octanol–water partition coefficient (Wildman–Crippen LogP) is 5.83. The van der Waals surface area contributed by atoms with Crippen LogP contribution in [0.5, 0.6) is 0 Å². The third kappa shape index (κ3) is 10.3. The average Bonchev–Trinajstić information content (AvgIpc) is 3.48. The van der Waals surface area contributed by atoms with Crippen molar-refractivity contribution in [3.8, 4) is 0 Å². The summed E-state index contributed by atoms with van der Waals surface area (Å²) in [7, 11) is 0. The van der Waals surface area contributed by atoms with Gasteiger partial charge in [-0.3, -0.25) is 0 Å². The van der Waals surface area contributed by atoms with Crippen LogP contribution in [0.15, 0.2) is 0 Å². The molecule has 0 aromatic rings. The Hall–Kier alpha value is -1.22. The number of rotatable bonds is 19. The van der Waals surface area contributed by atoms with Gasteiger partial charge >= 0.3 is 11.9 Å². The van der Waals surface area contributed by atoms with E-state index in [0.29, 0.717) is 12.8 Å². The van der Waals surface area contributed by atoms with Crippen molar-refractivity contribution in [2.24, 2.45) is 0 Å². The number of esters is 2. The summed E-state index contributed by atoms with van der Waals surface area (Å²) in [5.74, 6) is -1.00. The lowest BCUT2D eigenvalue weighted by Crippen LogP contribution is -2.48. The minimum absolute atomic E-state index is 0.234. The zero-order valence-electron chi connectivity index (χ0n) is 23.0. The van der Waals surface area contributed by atoms with Crippen molar-refractivity contribution in [2.45, 2.75) is 155 Å². The van der Waals surface area contributed by atoms with Crippen molar-refractivity contribution < 1.29 is 38.0 Å². The van der Waals surface area contributed by atoms with E-state index >= 15 is 0 Å². The fraction of sp³-hybridized carbons (Fsp3) is 0.929. The number of carbonyl (C=O) groups excluding carboxylic acids is 2. The van der Waals surface area contributed by atoms with Crippen LogP contribution in [-0.4, -0.2) is 62.1 Å². The minimum Gasteiger partial charge on any atom is -0.464 e. The second kappa shape index (κ2) is 18.1. The topological polar surface area (TPSA) is 89.5 Å².